The summed E-state index contributed by atoms with van der Waals surface area (Å²) in [7, 11) is 3.10. The van der Waals surface area contributed by atoms with Gasteiger partial charge in [0, 0.05) is 12.1 Å². The largest absolute Gasteiger partial charge is 0.493 e. The molecule has 0 bridgehead atoms. The normalized spacial score (nSPS) is 17.0. The molecule has 1 saturated heterocycles. The Kier molecular flexibility index (Phi) is 4.69. The second-order valence-corrected chi connectivity index (χ2v) is 5.78. The molecule has 1 fully saturated rings. The van der Waals surface area contributed by atoms with Gasteiger partial charge in [0.05, 0.1) is 20.3 Å². The van der Waals surface area contributed by atoms with E-state index in [0.29, 0.717) is 23.6 Å². The van der Waals surface area contributed by atoms with Crippen LogP contribution >= 0.6 is 0 Å². The van der Waals surface area contributed by atoms with E-state index in [1.165, 1.54) is 12.1 Å². The standard InChI is InChI=1S/C19H20FNO3/c1-23-17-10-7-14(12-18(17)24-2)19(22)21-11-3-4-16(21)13-5-8-15(20)9-6-13/h5-10,12,16H,3-4,11H2,1-2H3/t16-/m0/s1. The molecule has 5 heteroatoms. The number of carbonyl (C=O) groups is 1. The van der Waals surface area contributed by atoms with Crippen LogP contribution in [0.15, 0.2) is 42.5 Å². The van der Waals surface area contributed by atoms with Gasteiger partial charge in [-0.05, 0) is 48.7 Å². The van der Waals surface area contributed by atoms with Crippen LogP contribution in [0.3, 0.4) is 0 Å². The van der Waals surface area contributed by atoms with Gasteiger partial charge >= 0.3 is 0 Å². The van der Waals surface area contributed by atoms with Gasteiger partial charge in [-0.15, -0.1) is 0 Å². The van der Waals surface area contributed by atoms with Crippen LogP contribution in [0, 0.1) is 5.82 Å². The first kappa shape index (κ1) is 16.3. The van der Waals surface area contributed by atoms with Crippen LogP contribution in [0.4, 0.5) is 4.39 Å². The average Bonchev–Trinajstić information content (AvgIpc) is 3.10. The number of nitrogens with zero attached hydrogens (tertiary/aromatic N) is 1. The molecule has 0 spiro atoms. The monoisotopic (exact) mass is 329 g/mol. The quantitative estimate of drug-likeness (QED) is 0.856. The van der Waals surface area contributed by atoms with E-state index in [-0.39, 0.29) is 17.8 Å². The molecular formula is C19H20FNO3. The van der Waals surface area contributed by atoms with Gasteiger partial charge in [-0.1, -0.05) is 12.1 Å². The van der Waals surface area contributed by atoms with Gasteiger partial charge in [0.1, 0.15) is 5.82 Å². The Morgan fingerprint density at radius 2 is 1.79 bits per heavy atom. The summed E-state index contributed by atoms with van der Waals surface area (Å²) in [4.78, 5) is 14.8. The first-order valence-corrected chi connectivity index (χ1v) is 7.92. The Morgan fingerprint density at radius 1 is 1.08 bits per heavy atom. The predicted octanol–water partition coefficient (Wildman–Crippen LogP) is 3.82. The van der Waals surface area contributed by atoms with E-state index in [9.17, 15) is 9.18 Å². The molecule has 1 amide bonds. The van der Waals surface area contributed by atoms with Crippen molar-refractivity contribution in [2.24, 2.45) is 0 Å². The fourth-order valence-corrected chi connectivity index (χ4v) is 3.18. The molecule has 0 radical (unpaired) electrons. The van der Waals surface area contributed by atoms with Crippen molar-refractivity contribution in [3.05, 3.63) is 59.4 Å². The van der Waals surface area contributed by atoms with Gasteiger partial charge in [-0.25, -0.2) is 4.39 Å². The molecule has 4 nitrogen and oxygen atoms in total. The molecular weight excluding hydrogens is 309 g/mol. The van der Waals surface area contributed by atoms with Crippen molar-refractivity contribution < 1.29 is 18.7 Å². The second-order valence-electron chi connectivity index (χ2n) is 5.78. The van der Waals surface area contributed by atoms with Crippen LogP contribution in [0.2, 0.25) is 0 Å². The van der Waals surface area contributed by atoms with E-state index in [4.69, 9.17) is 9.47 Å². The number of hydrogen-bond donors (Lipinski definition) is 0. The van der Waals surface area contributed by atoms with Crippen LogP contribution < -0.4 is 9.47 Å². The Labute approximate surface area is 140 Å². The third-order valence-corrected chi connectivity index (χ3v) is 4.40. The molecule has 0 unspecified atom stereocenters. The highest BCUT2D eigenvalue weighted by Gasteiger charge is 2.31. The third kappa shape index (κ3) is 3.07. The molecule has 24 heavy (non-hydrogen) atoms. The Morgan fingerprint density at radius 3 is 2.46 bits per heavy atom. The number of hydrogen-bond acceptors (Lipinski definition) is 3. The summed E-state index contributed by atoms with van der Waals surface area (Å²) in [6, 6.07) is 11.5. The number of amides is 1. The van der Waals surface area contributed by atoms with E-state index < -0.39 is 0 Å². The maximum Gasteiger partial charge on any atom is 0.254 e. The summed E-state index contributed by atoms with van der Waals surface area (Å²) in [6.07, 6.45) is 1.81. The van der Waals surface area contributed by atoms with E-state index in [1.807, 2.05) is 4.90 Å². The summed E-state index contributed by atoms with van der Waals surface area (Å²) >= 11 is 0. The summed E-state index contributed by atoms with van der Waals surface area (Å²) in [5.74, 6) is 0.795. The summed E-state index contributed by atoms with van der Waals surface area (Å²) in [5.41, 5.74) is 1.52. The van der Waals surface area contributed by atoms with Gasteiger partial charge in [0.2, 0.25) is 0 Å². The van der Waals surface area contributed by atoms with Gasteiger partial charge in [0.15, 0.2) is 11.5 Å². The molecule has 0 saturated carbocycles. The molecule has 1 aliphatic rings. The topological polar surface area (TPSA) is 38.8 Å². The van der Waals surface area contributed by atoms with Crippen LogP contribution in [0.5, 0.6) is 11.5 Å². The van der Waals surface area contributed by atoms with Crippen molar-refractivity contribution >= 4 is 5.91 Å². The van der Waals surface area contributed by atoms with Crippen molar-refractivity contribution in [1.82, 2.24) is 4.90 Å². The number of benzene rings is 2. The number of carbonyl (C=O) groups excluding carboxylic acids is 1. The molecule has 1 aliphatic heterocycles. The van der Waals surface area contributed by atoms with E-state index in [1.54, 1.807) is 44.6 Å². The highest BCUT2D eigenvalue weighted by molar-refractivity contribution is 5.95. The Hall–Kier alpha value is -2.56. The zero-order valence-corrected chi connectivity index (χ0v) is 13.8. The Balaban J connectivity index is 1.87. The highest BCUT2D eigenvalue weighted by Crippen LogP contribution is 2.34. The van der Waals surface area contributed by atoms with Gasteiger partial charge < -0.3 is 14.4 Å². The zero-order valence-electron chi connectivity index (χ0n) is 13.8. The van der Waals surface area contributed by atoms with Crippen molar-refractivity contribution in [2.45, 2.75) is 18.9 Å². The highest BCUT2D eigenvalue weighted by atomic mass is 19.1. The van der Waals surface area contributed by atoms with Crippen molar-refractivity contribution in [1.29, 1.82) is 0 Å². The van der Waals surface area contributed by atoms with Gasteiger partial charge in [0.25, 0.3) is 5.91 Å². The molecule has 1 heterocycles. The van der Waals surface area contributed by atoms with Crippen molar-refractivity contribution in [3.8, 4) is 11.5 Å². The molecule has 2 aromatic carbocycles. The lowest BCUT2D eigenvalue weighted by Gasteiger charge is -2.25. The number of ether oxygens (including phenoxy) is 2. The van der Waals surface area contributed by atoms with E-state index in [2.05, 4.69) is 0 Å². The van der Waals surface area contributed by atoms with Crippen LogP contribution in [0.25, 0.3) is 0 Å². The van der Waals surface area contributed by atoms with E-state index in [0.717, 1.165) is 18.4 Å². The third-order valence-electron chi connectivity index (χ3n) is 4.40. The SMILES string of the molecule is COc1ccc(C(=O)N2CCC[C@H]2c2ccc(F)cc2)cc1OC. The minimum atomic E-state index is -0.269. The molecule has 3 rings (SSSR count). The lowest BCUT2D eigenvalue weighted by atomic mass is 10.0. The summed E-state index contributed by atoms with van der Waals surface area (Å²) < 4.78 is 23.6. The maximum absolute atomic E-state index is 13.1. The predicted molar refractivity (Wildman–Crippen MR) is 89.0 cm³/mol. The van der Waals surface area contributed by atoms with Crippen molar-refractivity contribution in [3.63, 3.8) is 0 Å². The van der Waals surface area contributed by atoms with Crippen molar-refractivity contribution in [2.75, 3.05) is 20.8 Å². The fourth-order valence-electron chi connectivity index (χ4n) is 3.18. The number of rotatable bonds is 4. The molecule has 126 valence electrons. The second kappa shape index (κ2) is 6.91. The number of methoxy groups -OCH3 is 2. The van der Waals surface area contributed by atoms with E-state index >= 15 is 0 Å². The zero-order chi connectivity index (χ0) is 17.1. The fraction of sp³-hybridized carbons (Fsp3) is 0.316. The number of likely N-dealkylation sites (tertiary alicyclic amines) is 1. The Bertz CT molecular complexity index is 730. The lowest BCUT2D eigenvalue weighted by molar-refractivity contribution is 0.0735. The molecule has 1 atom stereocenters. The molecule has 0 aliphatic carbocycles. The van der Waals surface area contributed by atoms with Gasteiger partial charge in [-0.3, -0.25) is 4.79 Å². The van der Waals surface area contributed by atoms with Crippen LogP contribution in [-0.2, 0) is 0 Å². The minimum Gasteiger partial charge on any atom is -0.493 e. The summed E-state index contributed by atoms with van der Waals surface area (Å²) in [5, 5.41) is 0. The first-order valence-electron chi connectivity index (χ1n) is 7.92. The molecule has 0 aromatic heterocycles. The average molecular weight is 329 g/mol. The molecule has 0 N–H and O–H groups in total. The number of halogens is 1. The van der Waals surface area contributed by atoms with Gasteiger partial charge in [-0.2, -0.15) is 0 Å². The van der Waals surface area contributed by atoms with Crippen LogP contribution in [0.1, 0.15) is 34.8 Å². The maximum atomic E-state index is 13.1. The smallest absolute Gasteiger partial charge is 0.254 e. The first-order chi connectivity index (χ1) is 11.6. The summed E-state index contributed by atoms with van der Waals surface area (Å²) in [6.45, 7) is 0.690. The minimum absolute atomic E-state index is 0.0220. The lowest BCUT2D eigenvalue weighted by Crippen LogP contribution is -2.30. The molecule has 2 aromatic rings. The van der Waals surface area contributed by atoms with Crippen LogP contribution in [-0.4, -0.2) is 31.6 Å².